The maximum Gasteiger partial charge on any atom is 0.234 e. The molecular weight excluding hydrogens is 466 g/mol. The van der Waals surface area contributed by atoms with Gasteiger partial charge in [0.05, 0.1) is 17.4 Å². The lowest BCUT2D eigenvalue weighted by molar-refractivity contribution is -0.125. The minimum Gasteiger partial charge on any atom is -0.354 e. The van der Waals surface area contributed by atoms with Gasteiger partial charge in [-0.05, 0) is 65.9 Å². The van der Waals surface area contributed by atoms with Crippen LogP contribution in [-0.4, -0.2) is 46.9 Å². The molecule has 7 nitrogen and oxygen atoms in total. The Morgan fingerprint density at radius 2 is 1.97 bits per heavy atom. The van der Waals surface area contributed by atoms with E-state index in [0.29, 0.717) is 17.6 Å². The number of carbonyl (C=O) groups is 2. The van der Waals surface area contributed by atoms with Gasteiger partial charge in [-0.15, -0.1) is 10.2 Å². The maximum absolute atomic E-state index is 12.4. The molecule has 2 N–H and O–H groups in total. The zero-order valence-corrected chi connectivity index (χ0v) is 18.9. The third-order valence-corrected chi connectivity index (χ3v) is 6.78. The molecule has 0 spiro atoms. The largest absolute Gasteiger partial charge is 0.354 e. The fraction of sp³-hybridized carbons (Fsp3) is 0.429. The molecule has 2 heterocycles. The highest BCUT2D eigenvalue weighted by molar-refractivity contribution is 9.10. The van der Waals surface area contributed by atoms with E-state index in [4.69, 9.17) is 0 Å². The summed E-state index contributed by atoms with van der Waals surface area (Å²) in [7, 11) is 0. The summed E-state index contributed by atoms with van der Waals surface area (Å²) in [4.78, 5) is 26.7. The summed E-state index contributed by atoms with van der Waals surface area (Å²) in [6, 6.07) is 11.7. The summed E-state index contributed by atoms with van der Waals surface area (Å²) < 4.78 is 0.846. The van der Waals surface area contributed by atoms with Crippen molar-refractivity contribution in [1.82, 2.24) is 15.5 Å². The molecule has 1 unspecified atom stereocenters. The van der Waals surface area contributed by atoms with Gasteiger partial charge >= 0.3 is 0 Å². The minimum absolute atomic E-state index is 0.0104. The third kappa shape index (κ3) is 5.72. The van der Waals surface area contributed by atoms with Crippen molar-refractivity contribution in [2.45, 2.75) is 36.8 Å². The number of anilines is 2. The first kappa shape index (κ1) is 21.1. The quantitative estimate of drug-likeness (QED) is 0.579. The Hall–Kier alpha value is -2.13. The predicted molar refractivity (Wildman–Crippen MR) is 122 cm³/mol. The van der Waals surface area contributed by atoms with Crippen LogP contribution in [0.5, 0.6) is 0 Å². The van der Waals surface area contributed by atoms with Gasteiger partial charge in [-0.25, -0.2) is 0 Å². The van der Waals surface area contributed by atoms with Crippen LogP contribution in [0.15, 0.2) is 45.9 Å². The average Bonchev–Trinajstić information content (AvgIpc) is 3.58. The number of thioether (sulfide) groups is 1. The Morgan fingerprint density at radius 1 is 1.13 bits per heavy atom. The van der Waals surface area contributed by atoms with Gasteiger partial charge in [0.1, 0.15) is 5.03 Å². The molecule has 9 heteroatoms. The van der Waals surface area contributed by atoms with Gasteiger partial charge < -0.3 is 15.5 Å². The Kier molecular flexibility index (Phi) is 6.89. The van der Waals surface area contributed by atoms with Crippen molar-refractivity contribution in [3.8, 4) is 0 Å². The zero-order valence-electron chi connectivity index (χ0n) is 16.5. The van der Waals surface area contributed by atoms with E-state index in [9.17, 15) is 9.59 Å². The SMILES string of the molecule is O=C(CSc1ccc(N2CCCC(C(=O)NC3CC3)C2)nn1)Nc1ccccc1Br. The van der Waals surface area contributed by atoms with E-state index >= 15 is 0 Å². The topological polar surface area (TPSA) is 87.2 Å². The minimum atomic E-state index is -0.0988. The van der Waals surface area contributed by atoms with Crippen LogP contribution in [0.3, 0.4) is 0 Å². The number of para-hydroxylation sites is 1. The number of hydrogen-bond donors (Lipinski definition) is 2. The lowest BCUT2D eigenvalue weighted by atomic mass is 9.97. The summed E-state index contributed by atoms with van der Waals surface area (Å²) in [5, 5.41) is 15.3. The number of carbonyl (C=O) groups excluding carboxylic acids is 2. The number of nitrogens with zero attached hydrogens (tertiary/aromatic N) is 3. The second-order valence-electron chi connectivity index (χ2n) is 7.61. The predicted octanol–water partition coefficient (Wildman–Crippen LogP) is 3.46. The molecule has 1 saturated carbocycles. The van der Waals surface area contributed by atoms with E-state index in [0.717, 1.165) is 48.2 Å². The molecule has 1 aliphatic carbocycles. The van der Waals surface area contributed by atoms with Crippen LogP contribution in [0.25, 0.3) is 0 Å². The molecule has 1 atom stereocenters. The molecule has 2 amide bonds. The van der Waals surface area contributed by atoms with Crippen LogP contribution < -0.4 is 15.5 Å². The van der Waals surface area contributed by atoms with E-state index in [1.54, 1.807) is 0 Å². The second-order valence-corrected chi connectivity index (χ2v) is 9.46. The van der Waals surface area contributed by atoms with Crippen LogP contribution in [0, 0.1) is 5.92 Å². The molecule has 1 aromatic carbocycles. The molecule has 158 valence electrons. The first-order valence-corrected chi connectivity index (χ1v) is 11.9. The van der Waals surface area contributed by atoms with Crippen molar-refractivity contribution in [3.05, 3.63) is 40.9 Å². The molecule has 1 aliphatic heterocycles. The standard InChI is InChI=1S/C21H24BrN5O2S/c22-16-5-1-2-6-17(16)24-19(28)13-30-20-10-9-18(25-26-20)27-11-3-4-14(12-27)21(29)23-15-7-8-15/h1-2,5-6,9-10,14-15H,3-4,7-8,11-13H2,(H,23,29)(H,24,28). The number of nitrogens with one attached hydrogen (secondary N) is 2. The number of amides is 2. The molecule has 1 aromatic heterocycles. The summed E-state index contributed by atoms with van der Waals surface area (Å²) in [6.45, 7) is 1.55. The fourth-order valence-electron chi connectivity index (χ4n) is 3.39. The lowest BCUT2D eigenvalue weighted by Gasteiger charge is -2.32. The maximum atomic E-state index is 12.4. The van der Waals surface area contributed by atoms with Gasteiger partial charge in [0.15, 0.2) is 5.82 Å². The van der Waals surface area contributed by atoms with Crippen molar-refractivity contribution >= 4 is 51.0 Å². The molecule has 2 fully saturated rings. The van der Waals surface area contributed by atoms with Gasteiger partial charge in [-0.1, -0.05) is 23.9 Å². The smallest absolute Gasteiger partial charge is 0.234 e. The van der Waals surface area contributed by atoms with Crippen molar-refractivity contribution < 1.29 is 9.59 Å². The Morgan fingerprint density at radius 3 is 2.70 bits per heavy atom. The van der Waals surface area contributed by atoms with Crippen molar-refractivity contribution in [3.63, 3.8) is 0 Å². The highest BCUT2D eigenvalue weighted by atomic mass is 79.9. The Bertz CT molecular complexity index is 907. The van der Waals surface area contributed by atoms with Gasteiger partial charge in [-0.3, -0.25) is 9.59 Å². The van der Waals surface area contributed by atoms with Crippen LogP contribution in [0.4, 0.5) is 11.5 Å². The van der Waals surface area contributed by atoms with Crippen molar-refractivity contribution in [2.24, 2.45) is 5.92 Å². The monoisotopic (exact) mass is 489 g/mol. The zero-order chi connectivity index (χ0) is 20.9. The first-order valence-electron chi connectivity index (χ1n) is 10.1. The highest BCUT2D eigenvalue weighted by Gasteiger charge is 2.30. The van der Waals surface area contributed by atoms with E-state index in [-0.39, 0.29) is 23.5 Å². The lowest BCUT2D eigenvalue weighted by Crippen LogP contribution is -2.44. The number of aromatic nitrogens is 2. The summed E-state index contributed by atoms with van der Waals surface area (Å²) in [5.74, 6) is 1.11. The molecule has 0 bridgehead atoms. The van der Waals surface area contributed by atoms with E-state index in [2.05, 4.69) is 41.7 Å². The molecular formula is C21H24BrN5O2S. The van der Waals surface area contributed by atoms with E-state index < -0.39 is 0 Å². The first-order chi connectivity index (χ1) is 14.6. The average molecular weight is 490 g/mol. The number of piperidine rings is 1. The summed E-state index contributed by atoms with van der Waals surface area (Å²) in [6.07, 6.45) is 4.10. The number of hydrogen-bond acceptors (Lipinski definition) is 6. The molecule has 2 aliphatic rings. The Labute approximate surface area is 188 Å². The van der Waals surface area contributed by atoms with Gasteiger partial charge in [0.2, 0.25) is 11.8 Å². The second kappa shape index (κ2) is 9.78. The van der Waals surface area contributed by atoms with E-state index in [1.807, 2.05) is 36.4 Å². The van der Waals surface area contributed by atoms with Crippen LogP contribution in [0.1, 0.15) is 25.7 Å². The summed E-state index contributed by atoms with van der Waals surface area (Å²) in [5.41, 5.74) is 0.745. The molecule has 1 saturated heterocycles. The van der Waals surface area contributed by atoms with Gasteiger partial charge in [0, 0.05) is 23.6 Å². The van der Waals surface area contributed by atoms with Gasteiger partial charge in [0.25, 0.3) is 0 Å². The van der Waals surface area contributed by atoms with Crippen molar-refractivity contribution in [1.29, 1.82) is 0 Å². The number of halogens is 1. The number of benzene rings is 1. The normalized spacial score (nSPS) is 18.7. The summed E-state index contributed by atoms with van der Waals surface area (Å²) >= 11 is 4.77. The fourth-order valence-corrected chi connectivity index (χ4v) is 4.39. The van der Waals surface area contributed by atoms with Crippen molar-refractivity contribution in [2.75, 3.05) is 29.1 Å². The molecule has 4 rings (SSSR count). The van der Waals surface area contributed by atoms with Gasteiger partial charge in [-0.2, -0.15) is 0 Å². The van der Waals surface area contributed by atoms with E-state index in [1.165, 1.54) is 11.8 Å². The van der Waals surface area contributed by atoms with Crippen LogP contribution in [-0.2, 0) is 9.59 Å². The molecule has 0 radical (unpaired) electrons. The highest BCUT2D eigenvalue weighted by Crippen LogP contribution is 2.26. The van der Waals surface area contributed by atoms with Crippen LogP contribution >= 0.6 is 27.7 Å². The Balaban J connectivity index is 1.27. The third-order valence-electron chi connectivity index (χ3n) is 5.16. The molecule has 2 aromatic rings. The molecule has 30 heavy (non-hydrogen) atoms. The number of rotatable bonds is 7. The van der Waals surface area contributed by atoms with Crippen LogP contribution in [0.2, 0.25) is 0 Å².